The molecule has 124 valence electrons. The van der Waals surface area contributed by atoms with Crippen LogP contribution in [-0.4, -0.2) is 41.2 Å². The molecule has 0 radical (unpaired) electrons. The van der Waals surface area contributed by atoms with Crippen molar-refractivity contribution in [2.24, 2.45) is 0 Å². The first-order valence-corrected chi connectivity index (χ1v) is 8.25. The van der Waals surface area contributed by atoms with E-state index in [4.69, 9.17) is 4.52 Å². The highest BCUT2D eigenvalue weighted by Crippen LogP contribution is 2.24. The van der Waals surface area contributed by atoms with Crippen molar-refractivity contribution in [2.45, 2.75) is 32.7 Å². The van der Waals surface area contributed by atoms with Crippen molar-refractivity contribution in [3.05, 3.63) is 41.8 Å². The summed E-state index contributed by atoms with van der Waals surface area (Å²) in [6.45, 7) is 7.47. The van der Waals surface area contributed by atoms with Gasteiger partial charge in [0, 0.05) is 32.6 Å². The molecule has 0 N–H and O–H groups in total. The van der Waals surface area contributed by atoms with E-state index in [0.717, 1.165) is 44.8 Å². The van der Waals surface area contributed by atoms with Gasteiger partial charge in [-0.2, -0.15) is 4.98 Å². The van der Waals surface area contributed by atoms with Gasteiger partial charge in [0.05, 0.1) is 11.7 Å². The van der Waals surface area contributed by atoms with Crippen LogP contribution in [-0.2, 0) is 6.42 Å². The fourth-order valence-electron chi connectivity index (χ4n) is 2.98. The van der Waals surface area contributed by atoms with Crippen LogP contribution in [0.25, 0.3) is 0 Å². The number of aryl methyl sites for hydroxylation is 1. The molecule has 2 heterocycles. The molecule has 0 spiro atoms. The third-order valence-corrected chi connectivity index (χ3v) is 4.37. The molecule has 2 aromatic rings. The molecule has 6 heteroatoms. The topological polar surface area (TPSA) is 45.4 Å². The molecular weight excluding hydrogens is 295 g/mol. The normalized spacial score (nSPS) is 17.4. The molecule has 5 nitrogen and oxygen atoms in total. The van der Waals surface area contributed by atoms with Crippen molar-refractivity contribution in [3.8, 4) is 0 Å². The number of benzene rings is 1. The Balaban J connectivity index is 1.60. The Morgan fingerprint density at radius 3 is 2.65 bits per heavy atom. The molecule has 1 aliphatic rings. The van der Waals surface area contributed by atoms with E-state index in [2.05, 4.69) is 33.8 Å². The molecule has 1 fully saturated rings. The lowest BCUT2D eigenvalue weighted by Crippen LogP contribution is -2.47. The van der Waals surface area contributed by atoms with E-state index in [-0.39, 0.29) is 11.9 Å². The third-order valence-electron chi connectivity index (χ3n) is 4.37. The number of rotatable bonds is 5. The quantitative estimate of drug-likeness (QED) is 0.848. The first-order valence-electron chi connectivity index (χ1n) is 8.25. The molecule has 1 aromatic heterocycles. The predicted octanol–water partition coefficient (Wildman–Crippen LogP) is 3.04. The number of hydrogen-bond donors (Lipinski definition) is 0. The molecule has 1 aromatic carbocycles. The Hall–Kier alpha value is -1.95. The van der Waals surface area contributed by atoms with Gasteiger partial charge in [-0.15, -0.1) is 0 Å². The SMILES string of the molecule is CCCc1noc([C@H](C)N2CCN(c3ccccc3F)CC2)n1. The Bertz CT molecular complexity index is 637. The average molecular weight is 318 g/mol. The second-order valence-corrected chi connectivity index (χ2v) is 5.95. The summed E-state index contributed by atoms with van der Waals surface area (Å²) in [6.07, 6.45) is 1.85. The summed E-state index contributed by atoms with van der Waals surface area (Å²) in [4.78, 5) is 8.87. The molecule has 1 atom stereocenters. The van der Waals surface area contributed by atoms with E-state index >= 15 is 0 Å². The van der Waals surface area contributed by atoms with Gasteiger partial charge in [0.15, 0.2) is 5.82 Å². The van der Waals surface area contributed by atoms with Gasteiger partial charge in [0.2, 0.25) is 5.89 Å². The van der Waals surface area contributed by atoms with Crippen LogP contribution >= 0.6 is 0 Å². The molecule has 0 bridgehead atoms. The highest BCUT2D eigenvalue weighted by Gasteiger charge is 2.26. The number of nitrogens with zero attached hydrogens (tertiary/aromatic N) is 4. The molecule has 0 amide bonds. The Morgan fingerprint density at radius 1 is 1.22 bits per heavy atom. The van der Waals surface area contributed by atoms with Crippen LogP contribution in [0, 0.1) is 5.82 Å². The van der Waals surface area contributed by atoms with Crippen LogP contribution in [0.1, 0.15) is 38.0 Å². The molecule has 1 saturated heterocycles. The van der Waals surface area contributed by atoms with Crippen molar-refractivity contribution in [1.82, 2.24) is 15.0 Å². The summed E-state index contributed by atoms with van der Waals surface area (Å²) in [6, 6.07) is 7.04. The fourth-order valence-corrected chi connectivity index (χ4v) is 2.98. The van der Waals surface area contributed by atoms with Crippen molar-refractivity contribution in [2.75, 3.05) is 31.1 Å². The molecule has 3 rings (SSSR count). The number of halogens is 1. The summed E-state index contributed by atoms with van der Waals surface area (Å²) in [5.74, 6) is 1.29. The van der Waals surface area contributed by atoms with Gasteiger partial charge >= 0.3 is 0 Å². The minimum absolute atomic E-state index is 0.0934. The summed E-state index contributed by atoms with van der Waals surface area (Å²) >= 11 is 0. The first-order chi connectivity index (χ1) is 11.2. The second-order valence-electron chi connectivity index (χ2n) is 5.95. The van der Waals surface area contributed by atoms with Gasteiger partial charge in [-0.3, -0.25) is 4.90 Å². The maximum absolute atomic E-state index is 13.9. The van der Waals surface area contributed by atoms with Gasteiger partial charge in [0.25, 0.3) is 0 Å². The third kappa shape index (κ3) is 3.52. The predicted molar refractivity (Wildman–Crippen MR) is 86.9 cm³/mol. The summed E-state index contributed by atoms with van der Waals surface area (Å²) in [5.41, 5.74) is 0.683. The number of para-hydroxylation sites is 1. The zero-order valence-electron chi connectivity index (χ0n) is 13.7. The number of piperazine rings is 1. The van der Waals surface area contributed by atoms with Crippen LogP contribution in [0.5, 0.6) is 0 Å². The monoisotopic (exact) mass is 318 g/mol. The van der Waals surface area contributed by atoms with Gasteiger partial charge in [-0.1, -0.05) is 24.2 Å². The molecule has 0 aliphatic carbocycles. The number of aromatic nitrogens is 2. The number of hydrogen-bond acceptors (Lipinski definition) is 5. The standard InChI is InChI=1S/C17H23FN4O/c1-3-6-16-19-17(23-20-16)13(2)21-9-11-22(12-10-21)15-8-5-4-7-14(15)18/h4-5,7-8,13H,3,6,9-12H2,1-2H3/t13-/m0/s1. The lowest BCUT2D eigenvalue weighted by Gasteiger charge is -2.38. The average Bonchev–Trinajstić information content (AvgIpc) is 3.04. The molecule has 0 unspecified atom stereocenters. The minimum Gasteiger partial charge on any atom is -0.367 e. The second kappa shape index (κ2) is 7.08. The first kappa shape index (κ1) is 15.9. The molecule has 0 saturated carbocycles. The fraction of sp³-hybridized carbons (Fsp3) is 0.529. The van der Waals surface area contributed by atoms with Crippen LogP contribution < -0.4 is 4.90 Å². The molecule has 23 heavy (non-hydrogen) atoms. The van der Waals surface area contributed by atoms with E-state index < -0.39 is 0 Å². The van der Waals surface area contributed by atoms with E-state index in [1.54, 1.807) is 6.07 Å². The van der Waals surface area contributed by atoms with Crippen LogP contribution in [0.2, 0.25) is 0 Å². The van der Waals surface area contributed by atoms with Crippen molar-refractivity contribution in [3.63, 3.8) is 0 Å². The van der Waals surface area contributed by atoms with Crippen molar-refractivity contribution < 1.29 is 8.91 Å². The summed E-state index contributed by atoms with van der Waals surface area (Å²) in [5, 5.41) is 4.02. The Morgan fingerprint density at radius 2 is 1.96 bits per heavy atom. The zero-order chi connectivity index (χ0) is 16.2. The van der Waals surface area contributed by atoms with E-state index in [9.17, 15) is 4.39 Å². The smallest absolute Gasteiger partial charge is 0.243 e. The lowest BCUT2D eigenvalue weighted by atomic mass is 10.2. The summed E-state index contributed by atoms with van der Waals surface area (Å²) in [7, 11) is 0. The van der Waals surface area contributed by atoms with E-state index in [1.165, 1.54) is 6.07 Å². The maximum Gasteiger partial charge on any atom is 0.243 e. The van der Waals surface area contributed by atoms with Gasteiger partial charge in [-0.25, -0.2) is 4.39 Å². The lowest BCUT2D eigenvalue weighted by molar-refractivity contribution is 0.164. The minimum atomic E-state index is -0.157. The van der Waals surface area contributed by atoms with Crippen LogP contribution in [0.3, 0.4) is 0 Å². The van der Waals surface area contributed by atoms with E-state index in [0.29, 0.717) is 11.6 Å². The largest absolute Gasteiger partial charge is 0.367 e. The highest BCUT2D eigenvalue weighted by molar-refractivity contribution is 5.48. The van der Waals surface area contributed by atoms with E-state index in [1.807, 2.05) is 12.1 Å². The van der Waals surface area contributed by atoms with Crippen LogP contribution in [0.15, 0.2) is 28.8 Å². The van der Waals surface area contributed by atoms with Crippen LogP contribution in [0.4, 0.5) is 10.1 Å². The van der Waals surface area contributed by atoms with Crippen molar-refractivity contribution in [1.29, 1.82) is 0 Å². The number of anilines is 1. The maximum atomic E-state index is 13.9. The molecule has 1 aliphatic heterocycles. The van der Waals surface area contributed by atoms with Gasteiger partial charge in [0.1, 0.15) is 5.82 Å². The molecular formula is C17H23FN4O. The van der Waals surface area contributed by atoms with Gasteiger partial charge < -0.3 is 9.42 Å². The van der Waals surface area contributed by atoms with Gasteiger partial charge in [-0.05, 0) is 25.5 Å². The Labute approximate surface area is 136 Å². The van der Waals surface area contributed by atoms with Crippen molar-refractivity contribution >= 4 is 5.69 Å². The zero-order valence-corrected chi connectivity index (χ0v) is 13.7. The highest BCUT2D eigenvalue weighted by atomic mass is 19.1. The summed E-state index contributed by atoms with van der Waals surface area (Å²) < 4.78 is 19.3. The Kier molecular flexibility index (Phi) is 4.91.